The Kier molecular flexibility index (Phi) is 6.28. The van der Waals surface area contributed by atoms with E-state index in [9.17, 15) is 0 Å². The highest BCUT2D eigenvalue weighted by Crippen LogP contribution is 2.03. The summed E-state index contributed by atoms with van der Waals surface area (Å²) in [7, 11) is 0. The molecular weight excluding hydrogens is 318 g/mol. The third kappa shape index (κ3) is 5.70. The van der Waals surface area contributed by atoms with Crippen LogP contribution in [0, 0.1) is 0 Å². The van der Waals surface area contributed by atoms with E-state index in [-0.39, 0.29) is 0 Å². The molecule has 1 nitrogen and oxygen atoms in total. The van der Waals surface area contributed by atoms with Crippen molar-refractivity contribution >= 4 is 31.9 Å². The van der Waals surface area contributed by atoms with Crippen molar-refractivity contribution < 1.29 is 0 Å². The number of benzene rings is 1. The van der Waals surface area contributed by atoms with E-state index in [0.717, 1.165) is 9.80 Å². The molecule has 0 bridgehead atoms. The Morgan fingerprint density at radius 1 is 1.00 bits per heavy atom. The number of pyridine rings is 1. The molecule has 0 aliphatic heterocycles. The first kappa shape index (κ1) is 12.4. The Labute approximate surface area is 107 Å². The third-order valence-corrected chi connectivity index (χ3v) is 2.74. The largest absolute Gasteiger partial charge is 0.264 e. The second-order valence-electron chi connectivity index (χ2n) is 2.79. The van der Waals surface area contributed by atoms with E-state index < -0.39 is 0 Å². The Morgan fingerprint density at radius 3 is 2.07 bits per heavy atom. The average molecular weight is 329 g/mol. The highest BCUT2D eigenvalue weighted by molar-refractivity contribution is 9.10. The lowest BCUT2D eigenvalue weighted by Gasteiger charge is -1.88. The van der Waals surface area contributed by atoms with Gasteiger partial charge in [-0.1, -0.05) is 46.3 Å². The molecule has 0 N–H and O–H groups in total. The predicted octanol–water partition coefficient (Wildman–Crippen LogP) is 4.43. The van der Waals surface area contributed by atoms with Crippen molar-refractivity contribution in [1.82, 2.24) is 4.98 Å². The SMILES string of the molecule is BrCc1ccccc1.Brc1cccnc1. The van der Waals surface area contributed by atoms with Crippen molar-refractivity contribution in [3.63, 3.8) is 0 Å². The first-order valence-corrected chi connectivity index (χ1v) is 6.40. The van der Waals surface area contributed by atoms with E-state index >= 15 is 0 Å². The summed E-state index contributed by atoms with van der Waals surface area (Å²) in [4.78, 5) is 3.84. The van der Waals surface area contributed by atoms with Gasteiger partial charge in [0.1, 0.15) is 0 Å². The zero-order valence-corrected chi connectivity index (χ0v) is 11.3. The van der Waals surface area contributed by atoms with Crippen molar-refractivity contribution in [3.8, 4) is 0 Å². The minimum absolute atomic E-state index is 0.952. The molecule has 15 heavy (non-hydrogen) atoms. The van der Waals surface area contributed by atoms with E-state index in [1.54, 1.807) is 12.4 Å². The van der Waals surface area contributed by atoms with Gasteiger partial charge in [0.05, 0.1) is 0 Å². The average Bonchev–Trinajstić information content (AvgIpc) is 2.32. The van der Waals surface area contributed by atoms with Crippen LogP contribution in [0.3, 0.4) is 0 Å². The molecule has 0 aliphatic carbocycles. The summed E-state index contributed by atoms with van der Waals surface area (Å²) in [6.07, 6.45) is 3.49. The van der Waals surface area contributed by atoms with Gasteiger partial charge in [-0.05, 0) is 33.6 Å². The minimum Gasteiger partial charge on any atom is -0.264 e. The molecule has 0 saturated carbocycles. The summed E-state index contributed by atoms with van der Waals surface area (Å²) in [5.41, 5.74) is 1.33. The highest BCUT2D eigenvalue weighted by Gasteiger charge is 1.81. The molecule has 0 amide bonds. The van der Waals surface area contributed by atoms with E-state index in [1.807, 2.05) is 30.3 Å². The molecule has 2 rings (SSSR count). The highest BCUT2D eigenvalue weighted by atomic mass is 79.9. The van der Waals surface area contributed by atoms with Crippen molar-refractivity contribution in [2.24, 2.45) is 0 Å². The Bertz CT molecular complexity index is 362. The second kappa shape index (κ2) is 7.60. The van der Waals surface area contributed by atoms with Gasteiger partial charge in [0.15, 0.2) is 0 Å². The molecule has 1 aromatic carbocycles. The lowest BCUT2D eigenvalue weighted by molar-refractivity contribution is 1.31. The maximum Gasteiger partial charge on any atom is 0.0410 e. The van der Waals surface area contributed by atoms with Gasteiger partial charge in [0, 0.05) is 22.2 Å². The van der Waals surface area contributed by atoms with Gasteiger partial charge in [0.25, 0.3) is 0 Å². The molecule has 0 radical (unpaired) electrons. The van der Waals surface area contributed by atoms with Crippen LogP contribution < -0.4 is 0 Å². The molecule has 0 fully saturated rings. The quantitative estimate of drug-likeness (QED) is 0.706. The van der Waals surface area contributed by atoms with Crippen LogP contribution in [0.2, 0.25) is 0 Å². The zero-order chi connectivity index (χ0) is 10.9. The van der Waals surface area contributed by atoms with Crippen LogP contribution in [0.15, 0.2) is 59.3 Å². The fraction of sp³-hybridized carbons (Fsp3) is 0.0833. The lowest BCUT2D eigenvalue weighted by Crippen LogP contribution is -1.70. The van der Waals surface area contributed by atoms with Gasteiger partial charge in [-0.15, -0.1) is 0 Å². The van der Waals surface area contributed by atoms with E-state index in [0.29, 0.717) is 0 Å². The van der Waals surface area contributed by atoms with Crippen LogP contribution in [0.5, 0.6) is 0 Å². The van der Waals surface area contributed by atoms with E-state index in [2.05, 4.69) is 49.0 Å². The summed E-state index contributed by atoms with van der Waals surface area (Å²) in [6, 6.07) is 14.1. The fourth-order valence-corrected chi connectivity index (χ4v) is 1.55. The van der Waals surface area contributed by atoms with Gasteiger partial charge in [0.2, 0.25) is 0 Å². The number of aromatic nitrogens is 1. The van der Waals surface area contributed by atoms with Gasteiger partial charge >= 0.3 is 0 Å². The molecule has 2 aromatic rings. The molecule has 0 atom stereocenters. The van der Waals surface area contributed by atoms with E-state index in [4.69, 9.17) is 0 Å². The molecular formula is C12H11Br2N. The van der Waals surface area contributed by atoms with Crippen LogP contribution in [0.1, 0.15) is 5.56 Å². The number of nitrogens with zero attached hydrogens (tertiary/aromatic N) is 1. The smallest absolute Gasteiger partial charge is 0.0410 e. The van der Waals surface area contributed by atoms with Crippen LogP contribution in [0.25, 0.3) is 0 Å². The number of alkyl halides is 1. The minimum atomic E-state index is 0.952. The zero-order valence-electron chi connectivity index (χ0n) is 8.11. The molecule has 0 spiro atoms. The Balaban J connectivity index is 0.000000151. The fourth-order valence-electron chi connectivity index (χ4n) is 0.909. The Morgan fingerprint density at radius 2 is 1.73 bits per heavy atom. The molecule has 3 heteroatoms. The Hall–Kier alpha value is -0.670. The van der Waals surface area contributed by atoms with Gasteiger partial charge in [-0.3, -0.25) is 4.98 Å². The molecule has 78 valence electrons. The maximum absolute atomic E-state index is 3.84. The summed E-state index contributed by atoms with van der Waals surface area (Å²) < 4.78 is 1.02. The van der Waals surface area contributed by atoms with Crippen molar-refractivity contribution in [3.05, 3.63) is 64.9 Å². The topological polar surface area (TPSA) is 12.9 Å². The van der Waals surface area contributed by atoms with Crippen molar-refractivity contribution in [2.45, 2.75) is 5.33 Å². The third-order valence-electron chi connectivity index (χ3n) is 1.62. The molecule has 0 saturated heterocycles. The second-order valence-corrected chi connectivity index (χ2v) is 4.27. The summed E-state index contributed by atoms with van der Waals surface area (Å²) in [5.74, 6) is 0. The van der Waals surface area contributed by atoms with Gasteiger partial charge < -0.3 is 0 Å². The molecule has 1 aromatic heterocycles. The standard InChI is InChI=1S/C7H7Br.C5H4BrN/c8-6-7-4-2-1-3-5-7;6-5-2-1-3-7-4-5/h1-5H,6H2;1-4H. The summed E-state index contributed by atoms with van der Waals surface area (Å²) in [6.45, 7) is 0. The first-order valence-electron chi connectivity index (χ1n) is 4.48. The van der Waals surface area contributed by atoms with E-state index in [1.165, 1.54) is 5.56 Å². The van der Waals surface area contributed by atoms with Crippen molar-refractivity contribution in [2.75, 3.05) is 0 Å². The molecule has 0 unspecified atom stereocenters. The van der Waals surface area contributed by atoms with Crippen LogP contribution in [0.4, 0.5) is 0 Å². The lowest BCUT2D eigenvalue weighted by atomic mass is 10.2. The van der Waals surface area contributed by atoms with Crippen LogP contribution in [-0.4, -0.2) is 4.98 Å². The number of hydrogen-bond acceptors (Lipinski definition) is 1. The molecule has 0 aliphatic rings. The summed E-state index contributed by atoms with van der Waals surface area (Å²) in [5, 5.41) is 0.952. The molecule has 1 heterocycles. The van der Waals surface area contributed by atoms with Gasteiger partial charge in [-0.2, -0.15) is 0 Å². The monoisotopic (exact) mass is 327 g/mol. The van der Waals surface area contributed by atoms with Crippen LogP contribution >= 0.6 is 31.9 Å². The van der Waals surface area contributed by atoms with Gasteiger partial charge in [-0.25, -0.2) is 0 Å². The predicted molar refractivity (Wildman–Crippen MR) is 71.0 cm³/mol. The number of hydrogen-bond donors (Lipinski definition) is 0. The number of halogens is 2. The van der Waals surface area contributed by atoms with Crippen molar-refractivity contribution in [1.29, 1.82) is 0 Å². The summed E-state index contributed by atoms with van der Waals surface area (Å²) >= 11 is 6.61. The van der Waals surface area contributed by atoms with Crippen LogP contribution in [-0.2, 0) is 5.33 Å². The number of rotatable bonds is 1. The first-order chi connectivity index (χ1) is 7.33. The maximum atomic E-state index is 3.84. The normalized spacial score (nSPS) is 8.93.